The third-order valence-corrected chi connectivity index (χ3v) is 6.59. The van der Waals surface area contributed by atoms with Crippen molar-refractivity contribution in [2.75, 3.05) is 0 Å². The van der Waals surface area contributed by atoms with Crippen LogP contribution in [0.2, 0.25) is 0 Å². The molecule has 0 atom stereocenters. The Morgan fingerprint density at radius 1 is 0.516 bits per heavy atom. The molecule has 0 N–H and O–H groups in total. The Balaban J connectivity index is 1.48. The maximum absolute atomic E-state index is 6.12. The molecular formula is C29H19NO. The van der Waals surface area contributed by atoms with Crippen molar-refractivity contribution in [1.82, 2.24) is 4.57 Å². The fourth-order valence-electron chi connectivity index (χ4n) is 4.98. The van der Waals surface area contributed by atoms with Crippen LogP contribution in [0.5, 0.6) is 0 Å². The minimum Gasteiger partial charge on any atom is -0.456 e. The zero-order chi connectivity index (χ0) is 20.5. The van der Waals surface area contributed by atoms with E-state index in [2.05, 4.69) is 96.5 Å². The molecule has 0 bridgehead atoms. The van der Waals surface area contributed by atoms with E-state index in [9.17, 15) is 0 Å². The third-order valence-electron chi connectivity index (χ3n) is 6.59. The van der Waals surface area contributed by atoms with Crippen LogP contribution in [-0.2, 0) is 7.05 Å². The van der Waals surface area contributed by atoms with Crippen molar-refractivity contribution >= 4 is 54.5 Å². The van der Waals surface area contributed by atoms with E-state index in [0.717, 1.165) is 16.6 Å². The quantitative estimate of drug-likeness (QED) is 0.274. The first-order valence-electron chi connectivity index (χ1n) is 10.6. The van der Waals surface area contributed by atoms with Gasteiger partial charge in [-0.3, -0.25) is 0 Å². The monoisotopic (exact) mass is 397 g/mol. The molecule has 5 aromatic carbocycles. The van der Waals surface area contributed by atoms with Crippen LogP contribution < -0.4 is 0 Å². The number of aryl methyl sites for hydroxylation is 1. The molecule has 2 aromatic heterocycles. The molecule has 0 unspecified atom stereocenters. The lowest BCUT2D eigenvalue weighted by Gasteiger charge is -2.03. The number of hydrogen-bond donors (Lipinski definition) is 0. The number of furan rings is 1. The summed E-state index contributed by atoms with van der Waals surface area (Å²) in [6.45, 7) is 0. The van der Waals surface area contributed by atoms with Crippen molar-refractivity contribution in [3.05, 3.63) is 97.1 Å². The molecule has 0 saturated carbocycles. The average molecular weight is 397 g/mol. The topological polar surface area (TPSA) is 18.1 Å². The number of nitrogens with zero attached hydrogens (tertiary/aromatic N) is 1. The van der Waals surface area contributed by atoms with Crippen molar-refractivity contribution in [3.63, 3.8) is 0 Å². The molecule has 0 aliphatic carbocycles. The zero-order valence-corrected chi connectivity index (χ0v) is 17.1. The number of hydrogen-bond acceptors (Lipinski definition) is 1. The molecule has 7 rings (SSSR count). The molecule has 0 aliphatic rings. The van der Waals surface area contributed by atoms with Gasteiger partial charge in [-0.25, -0.2) is 0 Å². The Morgan fingerprint density at radius 2 is 1.19 bits per heavy atom. The number of rotatable bonds is 1. The van der Waals surface area contributed by atoms with Crippen LogP contribution in [0.1, 0.15) is 0 Å². The Hall–Kier alpha value is -4.04. The van der Waals surface area contributed by atoms with E-state index in [1.54, 1.807) is 0 Å². The summed E-state index contributed by atoms with van der Waals surface area (Å²) < 4.78 is 8.42. The van der Waals surface area contributed by atoms with Gasteiger partial charge in [0.2, 0.25) is 0 Å². The molecular weight excluding hydrogens is 378 g/mol. The lowest BCUT2D eigenvalue weighted by Crippen LogP contribution is -1.86. The van der Waals surface area contributed by atoms with Gasteiger partial charge in [0.1, 0.15) is 11.2 Å². The van der Waals surface area contributed by atoms with Gasteiger partial charge in [-0.05, 0) is 64.4 Å². The standard InChI is InChI=1S/C29H19NO/c1-30-26-13-11-20(15-24(26)25-14-18-6-2-3-7-19(18)16-27(25)30)21-10-12-23-22-8-4-5-9-28(22)31-29(23)17-21/h2-17H,1H3. The van der Waals surface area contributed by atoms with Gasteiger partial charge in [0, 0.05) is 39.6 Å². The summed E-state index contributed by atoms with van der Waals surface area (Å²) in [7, 11) is 2.15. The molecule has 146 valence electrons. The molecule has 0 aliphatic heterocycles. The van der Waals surface area contributed by atoms with Crippen LogP contribution >= 0.6 is 0 Å². The Kier molecular flexibility index (Phi) is 3.23. The van der Waals surface area contributed by atoms with Crippen molar-refractivity contribution in [3.8, 4) is 11.1 Å². The largest absolute Gasteiger partial charge is 0.456 e. The van der Waals surface area contributed by atoms with Crippen LogP contribution in [0.4, 0.5) is 0 Å². The van der Waals surface area contributed by atoms with Gasteiger partial charge >= 0.3 is 0 Å². The average Bonchev–Trinajstić information content (AvgIpc) is 3.32. The number of para-hydroxylation sites is 1. The predicted octanol–water partition coefficient (Wildman–Crippen LogP) is 8.05. The Morgan fingerprint density at radius 3 is 2.10 bits per heavy atom. The van der Waals surface area contributed by atoms with E-state index < -0.39 is 0 Å². The second-order valence-corrected chi connectivity index (χ2v) is 8.32. The normalized spacial score (nSPS) is 12.0. The molecule has 0 radical (unpaired) electrons. The van der Waals surface area contributed by atoms with Crippen LogP contribution in [0.15, 0.2) is 101 Å². The first kappa shape index (κ1) is 16.7. The maximum Gasteiger partial charge on any atom is 0.136 e. The van der Waals surface area contributed by atoms with Crippen LogP contribution in [-0.4, -0.2) is 4.57 Å². The highest BCUT2D eigenvalue weighted by Gasteiger charge is 2.12. The summed E-state index contributed by atoms with van der Waals surface area (Å²) in [4.78, 5) is 0. The smallest absolute Gasteiger partial charge is 0.136 e. The number of aromatic nitrogens is 1. The van der Waals surface area contributed by atoms with Gasteiger partial charge in [0.05, 0.1) is 0 Å². The molecule has 2 heterocycles. The minimum absolute atomic E-state index is 0.933. The lowest BCUT2D eigenvalue weighted by molar-refractivity contribution is 0.669. The molecule has 0 amide bonds. The maximum atomic E-state index is 6.12. The second-order valence-electron chi connectivity index (χ2n) is 8.32. The molecule has 0 spiro atoms. The van der Waals surface area contributed by atoms with Gasteiger partial charge in [-0.1, -0.05) is 54.6 Å². The van der Waals surface area contributed by atoms with Crippen LogP contribution in [0.25, 0.3) is 65.6 Å². The van der Waals surface area contributed by atoms with Crippen molar-refractivity contribution in [2.45, 2.75) is 0 Å². The second kappa shape index (κ2) is 5.99. The first-order chi connectivity index (χ1) is 15.3. The summed E-state index contributed by atoms with van der Waals surface area (Å²) >= 11 is 0. The van der Waals surface area contributed by atoms with Gasteiger partial charge < -0.3 is 8.98 Å². The molecule has 31 heavy (non-hydrogen) atoms. The molecule has 2 nitrogen and oxygen atoms in total. The summed E-state index contributed by atoms with van der Waals surface area (Å²) in [5.41, 5.74) is 6.76. The van der Waals surface area contributed by atoms with Crippen molar-refractivity contribution in [2.24, 2.45) is 7.05 Å². The van der Waals surface area contributed by atoms with Gasteiger partial charge in [0.15, 0.2) is 0 Å². The van der Waals surface area contributed by atoms with Gasteiger partial charge in [-0.2, -0.15) is 0 Å². The number of benzene rings is 5. The van der Waals surface area contributed by atoms with E-state index in [1.807, 2.05) is 12.1 Å². The fourth-order valence-corrected chi connectivity index (χ4v) is 4.98. The highest BCUT2D eigenvalue weighted by Crippen LogP contribution is 2.36. The van der Waals surface area contributed by atoms with Crippen molar-refractivity contribution in [1.29, 1.82) is 0 Å². The van der Waals surface area contributed by atoms with Gasteiger partial charge in [-0.15, -0.1) is 0 Å². The Bertz CT molecular complexity index is 1800. The van der Waals surface area contributed by atoms with E-state index in [4.69, 9.17) is 4.42 Å². The zero-order valence-electron chi connectivity index (χ0n) is 17.1. The summed E-state index contributed by atoms with van der Waals surface area (Å²) in [6.07, 6.45) is 0. The van der Waals surface area contributed by atoms with Crippen LogP contribution in [0, 0.1) is 0 Å². The highest BCUT2D eigenvalue weighted by atomic mass is 16.3. The predicted molar refractivity (Wildman–Crippen MR) is 131 cm³/mol. The number of fused-ring (bicyclic) bond motifs is 7. The Labute approximate surface area is 178 Å². The van der Waals surface area contributed by atoms with Crippen molar-refractivity contribution < 1.29 is 4.42 Å². The fraction of sp³-hybridized carbons (Fsp3) is 0.0345. The SMILES string of the molecule is Cn1c2ccc(-c3ccc4c(c3)oc3ccccc34)cc2c2cc3ccccc3cc21. The van der Waals surface area contributed by atoms with Crippen LogP contribution in [0.3, 0.4) is 0 Å². The highest BCUT2D eigenvalue weighted by molar-refractivity contribution is 6.13. The third kappa shape index (κ3) is 2.33. The molecule has 0 fully saturated rings. The van der Waals surface area contributed by atoms with E-state index in [-0.39, 0.29) is 0 Å². The van der Waals surface area contributed by atoms with E-state index in [0.29, 0.717) is 0 Å². The van der Waals surface area contributed by atoms with Gasteiger partial charge in [0.25, 0.3) is 0 Å². The minimum atomic E-state index is 0.933. The van der Waals surface area contributed by atoms with E-state index >= 15 is 0 Å². The molecule has 2 heteroatoms. The summed E-state index contributed by atoms with van der Waals surface area (Å²) in [5.74, 6) is 0. The first-order valence-corrected chi connectivity index (χ1v) is 10.6. The summed E-state index contributed by atoms with van der Waals surface area (Å²) in [5, 5.41) is 7.46. The molecule has 0 saturated heterocycles. The van der Waals surface area contributed by atoms with E-state index in [1.165, 1.54) is 49.1 Å². The lowest BCUT2D eigenvalue weighted by atomic mass is 10.0. The summed E-state index contributed by atoms with van der Waals surface area (Å²) in [6, 6.07) is 34.7. The molecule has 7 aromatic rings.